The third-order valence-electron chi connectivity index (χ3n) is 5.11. The number of likely N-dealkylation sites (tertiary alicyclic amines) is 1. The predicted octanol–water partition coefficient (Wildman–Crippen LogP) is 2.81. The molecule has 0 aromatic heterocycles. The number of nitrogens with zero attached hydrogens (tertiary/aromatic N) is 3. The Bertz CT molecular complexity index is 647. The quantitative estimate of drug-likeness (QED) is 0.483. The lowest BCUT2D eigenvalue weighted by atomic mass is 10.1. The predicted molar refractivity (Wildman–Crippen MR) is 108 cm³/mol. The maximum absolute atomic E-state index is 5.63. The molecule has 26 heavy (non-hydrogen) atoms. The average Bonchev–Trinajstić information content (AvgIpc) is 3.32. The van der Waals surface area contributed by atoms with Crippen LogP contribution >= 0.6 is 0 Å². The largest absolute Gasteiger partial charge is 0.494 e. The minimum Gasteiger partial charge on any atom is -0.494 e. The van der Waals surface area contributed by atoms with E-state index in [0.717, 1.165) is 44.4 Å². The number of rotatable bonds is 6. The first-order valence-electron chi connectivity index (χ1n) is 9.86. The van der Waals surface area contributed by atoms with Gasteiger partial charge < -0.3 is 15.0 Å². The summed E-state index contributed by atoms with van der Waals surface area (Å²) in [6, 6.07) is 7.00. The molecular weight excluding hydrogens is 324 g/mol. The van der Waals surface area contributed by atoms with Gasteiger partial charge in [0.25, 0.3) is 0 Å². The first-order chi connectivity index (χ1) is 12.7. The molecule has 5 nitrogen and oxygen atoms in total. The molecule has 2 aliphatic heterocycles. The van der Waals surface area contributed by atoms with E-state index in [1.807, 2.05) is 6.92 Å². The minimum atomic E-state index is 0.640. The topological polar surface area (TPSA) is 40.1 Å². The molecule has 1 aromatic carbocycles. The second kappa shape index (κ2) is 9.08. The van der Waals surface area contributed by atoms with E-state index in [2.05, 4.69) is 59.3 Å². The van der Waals surface area contributed by atoms with Crippen molar-refractivity contribution in [1.29, 1.82) is 0 Å². The zero-order valence-electron chi connectivity index (χ0n) is 16.4. The number of hydrogen-bond donors (Lipinski definition) is 1. The average molecular weight is 357 g/mol. The highest BCUT2D eigenvalue weighted by Crippen LogP contribution is 2.21. The van der Waals surface area contributed by atoms with Crippen molar-refractivity contribution in [2.75, 3.05) is 39.3 Å². The van der Waals surface area contributed by atoms with Crippen LogP contribution in [0.5, 0.6) is 5.75 Å². The van der Waals surface area contributed by atoms with E-state index in [4.69, 9.17) is 9.73 Å². The fourth-order valence-electron chi connectivity index (χ4n) is 3.74. The van der Waals surface area contributed by atoms with Gasteiger partial charge in [0.1, 0.15) is 5.75 Å². The molecule has 1 unspecified atom stereocenters. The Balaban J connectivity index is 1.63. The van der Waals surface area contributed by atoms with Crippen LogP contribution in [0.25, 0.3) is 0 Å². The minimum absolute atomic E-state index is 0.640. The molecule has 142 valence electrons. The van der Waals surface area contributed by atoms with E-state index >= 15 is 0 Å². The Morgan fingerprint density at radius 2 is 2.08 bits per heavy atom. The van der Waals surface area contributed by atoms with E-state index in [1.165, 1.54) is 17.5 Å². The van der Waals surface area contributed by atoms with E-state index < -0.39 is 0 Å². The monoisotopic (exact) mass is 356 g/mol. The summed E-state index contributed by atoms with van der Waals surface area (Å²) in [6.45, 7) is 12.9. The smallest absolute Gasteiger partial charge is 0.194 e. The zero-order chi connectivity index (χ0) is 18.4. The molecule has 1 fully saturated rings. The molecule has 3 rings (SSSR count). The van der Waals surface area contributed by atoms with Crippen LogP contribution in [0.1, 0.15) is 31.4 Å². The molecular formula is C21H32N4O. The van der Waals surface area contributed by atoms with Crippen molar-refractivity contribution >= 4 is 5.96 Å². The van der Waals surface area contributed by atoms with Crippen LogP contribution < -0.4 is 10.1 Å². The molecule has 1 N–H and O–H groups in total. The lowest BCUT2D eigenvalue weighted by Crippen LogP contribution is -2.42. The van der Waals surface area contributed by atoms with Gasteiger partial charge in [0.15, 0.2) is 5.96 Å². The van der Waals surface area contributed by atoms with Gasteiger partial charge >= 0.3 is 0 Å². The Labute approximate surface area is 157 Å². The fraction of sp³-hybridized carbons (Fsp3) is 0.571. The van der Waals surface area contributed by atoms with Gasteiger partial charge in [-0.15, -0.1) is 0 Å². The molecule has 1 atom stereocenters. The van der Waals surface area contributed by atoms with Crippen molar-refractivity contribution in [3.05, 3.63) is 41.5 Å². The number of aliphatic imine (C=N–C) groups is 1. The van der Waals surface area contributed by atoms with Gasteiger partial charge in [0.2, 0.25) is 0 Å². The number of guanidine groups is 1. The normalized spacial score (nSPS) is 20.8. The third-order valence-corrected chi connectivity index (χ3v) is 5.11. The molecule has 1 aromatic rings. The van der Waals surface area contributed by atoms with Crippen LogP contribution in [-0.4, -0.2) is 61.1 Å². The zero-order valence-corrected chi connectivity index (χ0v) is 16.4. The van der Waals surface area contributed by atoms with E-state index in [-0.39, 0.29) is 0 Å². The number of nitrogens with one attached hydrogen (secondary N) is 1. The number of benzene rings is 1. The standard InChI is InChI=1S/C21H32N4O/c1-4-22-21(25-13-10-19(16-25)24-11-6-7-12-24)23-15-18-8-9-20(26-5-2)17(3)14-18/h6-9,14,19H,4-5,10-13,15-16H2,1-3H3,(H,22,23). The third kappa shape index (κ3) is 4.58. The van der Waals surface area contributed by atoms with E-state index in [0.29, 0.717) is 19.2 Å². The van der Waals surface area contributed by atoms with Gasteiger partial charge in [-0.1, -0.05) is 24.3 Å². The van der Waals surface area contributed by atoms with Crippen LogP contribution in [0.15, 0.2) is 35.3 Å². The van der Waals surface area contributed by atoms with Gasteiger partial charge in [-0.05, 0) is 44.4 Å². The highest BCUT2D eigenvalue weighted by atomic mass is 16.5. The van der Waals surface area contributed by atoms with Crippen LogP contribution in [0.2, 0.25) is 0 Å². The number of ether oxygens (including phenoxy) is 1. The molecule has 2 aliphatic rings. The van der Waals surface area contributed by atoms with E-state index in [1.54, 1.807) is 0 Å². The Kier molecular flexibility index (Phi) is 6.56. The summed E-state index contributed by atoms with van der Waals surface area (Å²) in [5.41, 5.74) is 2.40. The molecule has 0 saturated carbocycles. The Hall–Kier alpha value is -2.01. The van der Waals surface area contributed by atoms with Crippen molar-refractivity contribution in [3.8, 4) is 5.75 Å². The fourth-order valence-corrected chi connectivity index (χ4v) is 3.74. The molecule has 0 bridgehead atoms. The summed E-state index contributed by atoms with van der Waals surface area (Å²) in [5, 5.41) is 3.47. The number of aryl methyl sites for hydroxylation is 1. The molecule has 5 heteroatoms. The van der Waals surface area contributed by atoms with Gasteiger partial charge in [-0.2, -0.15) is 0 Å². The molecule has 0 radical (unpaired) electrons. The van der Waals surface area contributed by atoms with Crippen molar-refractivity contribution in [3.63, 3.8) is 0 Å². The highest BCUT2D eigenvalue weighted by Gasteiger charge is 2.29. The Morgan fingerprint density at radius 1 is 1.27 bits per heavy atom. The number of hydrogen-bond acceptors (Lipinski definition) is 3. The first kappa shape index (κ1) is 18.8. The summed E-state index contributed by atoms with van der Waals surface area (Å²) in [5.74, 6) is 2.00. The van der Waals surface area contributed by atoms with Crippen molar-refractivity contribution < 1.29 is 4.74 Å². The molecule has 0 amide bonds. The Morgan fingerprint density at radius 3 is 2.77 bits per heavy atom. The summed E-state index contributed by atoms with van der Waals surface area (Å²) < 4.78 is 5.63. The van der Waals surface area contributed by atoms with Crippen molar-refractivity contribution in [2.24, 2.45) is 4.99 Å². The molecule has 2 heterocycles. The summed E-state index contributed by atoms with van der Waals surface area (Å²) in [6.07, 6.45) is 5.76. The van der Waals surface area contributed by atoms with Gasteiger partial charge in [-0.25, -0.2) is 4.99 Å². The molecule has 0 aliphatic carbocycles. The summed E-state index contributed by atoms with van der Waals surface area (Å²) in [4.78, 5) is 9.87. The lowest BCUT2D eigenvalue weighted by Gasteiger charge is -2.25. The summed E-state index contributed by atoms with van der Waals surface area (Å²) >= 11 is 0. The van der Waals surface area contributed by atoms with Gasteiger partial charge in [-0.3, -0.25) is 4.90 Å². The lowest BCUT2D eigenvalue weighted by molar-refractivity contribution is 0.259. The van der Waals surface area contributed by atoms with Gasteiger partial charge in [0, 0.05) is 38.8 Å². The summed E-state index contributed by atoms with van der Waals surface area (Å²) in [7, 11) is 0. The maximum Gasteiger partial charge on any atom is 0.194 e. The molecule has 1 saturated heterocycles. The van der Waals surface area contributed by atoms with Crippen LogP contribution in [0.3, 0.4) is 0 Å². The van der Waals surface area contributed by atoms with E-state index in [9.17, 15) is 0 Å². The van der Waals surface area contributed by atoms with Gasteiger partial charge in [0.05, 0.1) is 13.2 Å². The van der Waals surface area contributed by atoms with Crippen LogP contribution in [-0.2, 0) is 6.54 Å². The second-order valence-corrected chi connectivity index (χ2v) is 7.02. The van der Waals surface area contributed by atoms with Crippen LogP contribution in [0.4, 0.5) is 0 Å². The van der Waals surface area contributed by atoms with Crippen LogP contribution in [0, 0.1) is 6.92 Å². The maximum atomic E-state index is 5.63. The first-order valence-corrected chi connectivity index (χ1v) is 9.86. The van der Waals surface area contributed by atoms with Crippen molar-refractivity contribution in [1.82, 2.24) is 15.1 Å². The van der Waals surface area contributed by atoms with Crippen molar-refractivity contribution in [2.45, 2.75) is 39.8 Å². The highest BCUT2D eigenvalue weighted by molar-refractivity contribution is 5.80. The molecule has 0 spiro atoms. The SMILES string of the molecule is CCNC(=NCc1ccc(OCC)c(C)c1)N1CCC(N2CC=CC2)C1. The second-order valence-electron chi connectivity index (χ2n) is 7.02.